The van der Waals surface area contributed by atoms with Gasteiger partial charge in [0.2, 0.25) is 0 Å². The third-order valence-electron chi connectivity index (χ3n) is 4.96. The maximum atomic E-state index is 13.7. The number of hydrogen-bond acceptors (Lipinski definition) is 1. The van der Waals surface area contributed by atoms with E-state index in [1.54, 1.807) is 6.07 Å². The highest BCUT2D eigenvalue weighted by Crippen LogP contribution is 2.44. The summed E-state index contributed by atoms with van der Waals surface area (Å²) in [4.78, 5) is 0. The van der Waals surface area contributed by atoms with Gasteiger partial charge in [0.1, 0.15) is 11.3 Å². The third kappa shape index (κ3) is 4.33. The van der Waals surface area contributed by atoms with E-state index in [4.69, 9.17) is 4.74 Å². The molecule has 146 valence electrons. The Morgan fingerprint density at radius 1 is 0.926 bits per heavy atom. The van der Waals surface area contributed by atoms with Crippen LogP contribution in [0.5, 0.6) is 5.75 Å². The average molecular weight is 388 g/mol. The van der Waals surface area contributed by atoms with Crippen molar-refractivity contribution in [2.45, 2.75) is 44.1 Å². The second-order valence-electron chi connectivity index (χ2n) is 6.75. The molecular formula is C20H18F6O. The lowest BCUT2D eigenvalue weighted by Gasteiger charge is -2.31. The van der Waals surface area contributed by atoms with Crippen molar-refractivity contribution in [2.24, 2.45) is 5.92 Å². The molecule has 1 fully saturated rings. The molecule has 0 bridgehead atoms. The summed E-state index contributed by atoms with van der Waals surface area (Å²) < 4.78 is 84.9. The summed E-state index contributed by atoms with van der Waals surface area (Å²) in [5.74, 6) is -1.75. The zero-order valence-corrected chi connectivity index (χ0v) is 14.3. The molecule has 2 aromatic carbocycles. The summed E-state index contributed by atoms with van der Waals surface area (Å²) >= 11 is 0. The van der Waals surface area contributed by atoms with Gasteiger partial charge in [0, 0.05) is 0 Å². The van der Waals surface area contributed by atoms with Crippen LogP contribution in [0.4, 0.5) is 26.3 Å². The molecule has 27 heavy (non-hydrogen) atoms. The Kier molecular flexibility index (Phi) is 5.32. The van der Waals surface area contributed by atoms with Crippen LogP contribution in [0.2, 0.25) is 0 Å². The Hall–Kier alpha value is -1.92. The SMILES string of the molecule is [CH2][CH]c1ccc2c(C(F)(F)F)c(O[C@H]3CC[C@@H](C(F)(F)F)CC3)ccc2c1. The first-order chi connectivity index (χ1) is 12.6. The van der Waals surface area contributed by atoms with Gasteiger partial charge < -0.3 is 4.74 Å². The first-order valence-electron chi connectivity index (χ1n) is 8.59. The topological polar surface area (TPSA) is 9.23 Å². The molecule has 1 nitrogen and oxygen atoms in total. The Labute approximate surface area is 153 Å². The fourth-order valence-electron chi connectivity index (χ4n) is 3.53. The monoisotopic (exact) mass is 388 g/mol. The molecule has 1 saturated carbocycles. The van der Waals surface area contributed by atoms with Crippen molar-refractivity contribution in [3.63, 3.8) is 0 Å². The number of ether oxygens (including phenoxy) is 1. The molecule has 2 radical (unpaired) electrons. The van der Waals surface area contributed by atoms with Crippen LogP contribution in [0.15, 0.2) is 30.3 Å². The van der Waals surface area contributed by atoms with E-state index in [-0.39, 0.29) is 36.8 Å². The Morgan fingerprint density at radius 3 is 2.15 bits per heavy atom. The predicted molar refractivity (Wildman–Crippen MR) is 90.1 cm³/mol. The predicted octanol–water partition coefficient (Wildman–Crippen LogP) is 6.74. The Morgan fingerprint density at radius 2 is 1.59 bits per heavy atom. The van der Waals surface area contributed by atoms with Crippen LogP contribution in [-0.4, -0.2) is 12.3 Å². The molecule has 0 unspecified atom stereocenters. The van der Waals surface area contributed by atoms with Crippen molar-refractivity contribution in [3.8, 4) is 5.75 Å². The zero-order valence-electron chi connectivity index (χ0n) is 14.3. The molecule has 0 saturated heterocycles. The van der Waals surface area contributed by atoms with E-state index in [0.717, 1.165) is 0 Å². The minimum absolute atomic E-state index is 0.00502. The highest BCUT2D eigenvalue weighted by Gasteiger charge is 2.42. The second-order valence-corrected chi connectivity index (χ2v) is 6.75. The minimum atomic E-state index is -4.65. The number of fused-ring (bicyclic) bond motifs is 1. The standard InChI is InChI=1S/C20H18F6O/c1-2-12-3-9-16-13(11-12)4-10-17(18(16)20(24,25)26)27-15-7-5-14(6-8-15)19(21,22)23/h2-4,9-11,14-15H,1,5-8H2/t14-,15+. The number of rotatable bonds is 3. The van der Waals surface area contributed by atoms with Gasteiger partial charge in [-0.3, -0.25) is 0 Å². The lowest BCUT2D eigenvalue weighted by molar-refractivity contribution is -0.185. The molecule has 2 aromatic rings. The van der Waals surface area contributed by atoms with Gasteiger partial charge in [-0.1, -0.05) is 24.3 Å². The summed E-state index contributed by atoms with van der Waals surface area (Å²) in [6, 6.07) is 7.25. The number of benzene rings is 2. The van der Waals surface area contributed by atoms with Gasteiger partial charge in [-0.05, 0) is 61.4 Å². The molecule has 0 aromatic heterocycles. The molecule has 0 amide bonds. The highest BCUT2D eigenvalue weighted by molar-refractivity contribution is 5.89. The highest BCUT2D eigenvalue weighted by atomic mass is 19.4. The normalized spacial score (nSPS) is 21.4. The maximum absolute atomic E-state index is 13.7. The lowest BCUT2D eigenvalue weighted by Crippen LogP contribution is -2.32. The number of alkyl halides is 6. The van der Waals surface area contributed by atoms with E-state index in [1.807, 2.05) is 0 Å². The summed E-state index contributed by atoms with van der Waals surface area (Å²) in [5, 5.41) is 0.391. The first kappa shape index (κ1) is 19.8. The van der Waals surface area contributed by atoms with Crippen molar-refractivity contribution < 1.29 is 31.1 Å². The van der Waals surface area contributed by atoms with E-state index < -0.39 is 29.9 Å². The van der Waals surface area contributed by atoms with Gasteiger partial charge in [0.15, 0.2) is 0 Å². The van der Waals surface area contributed by atoms with Gasteiger partial charge in [-0.2, -0.15) is 26.3 Å². The van der Waals surface area contributed by atoms with Crippen molar-refractivity contribution >= 4 is 10.8 Å². The van der Waals surface area contributed by atoms with Crippen LogP contribution < -0.4 is 4.74 Å². The third-order valence-corrected chi connectivity index (χ3v) is 4.96. The van der Waals surface area contributed by atoms with Crippen molar-refractivity contribution in [1.29, 1.82) is 0 Å². The van der Waals surface area contributed by atoms with E-state index in [1.165, 1.54) is 30.7 Å². The van der Waals surface area contributed by atoms with E-state index in [2.05, 4.69) is 6.92 Å². The van der Waals surface area contributed by atoms with E-state index >= 15 is 0 Å². The van der Waals surface area contributed by atoms with E-state index in [9.17, 15) is 26.3 Å². The first-order valence-corrected chi connectivity index (χ1v) is 8.59. The quantitative estimate of drug-likeness (QED) is 0.529. The van der Waals surface area contributed by atoms with Gasteiger partial charge in [-0.25, -0.2) is 0 Å². The molecule has 0 spiro atoms. The van der Waals surface area contributed by atoms with Crippen molar-refractivity contribution in [3.05, 3.63) is 54.8 Å². The molecule has 3 rings (SSSR count). The molecular weight excluding hydrogens is 370 g/mol. The van der Waals surface area contributed by atoms with Gasteiger partial charge in [0.25, 0.3) is 0 Å². The minimum Gasteiger partial charge on any atom is -0.490 e. The van der Waals surface area contributed by atoms with Crippen LogP contribution in [-0.2, 0) is 6.18 Å². The largest absolute Gasteiger partial charge is 0.490 e. The number of halogens is 6. The average Bonchev–Trinajstić information content (AvgIpc) is 2.59. The Bertz CT molecular complexity index is 800. The summed E-state index contributed by atoms with van der Waals surface area (Å²) in [5.41, 5.74) is -0.205. The fourth-order valence-corrected chi connectivity index (χ4v) is 3.53. The molecule has 0 N–H and O–H groups in total. The molecule has 7 heteroatoms. The second kappa shape index (κ2) is 7.24. The van der Waals surface area contributed by atoms with Crippen LogP contribution in [0.25, 0.3) is 10.8 Å². The van der Waals surface area contributed by atoms with Crippen LogP contribution in [0, 0.1) is 19.3 Å². The van der Waals surface area contributed by atoms with Crippen LogP contribution >= 0.6 is 0 Å². The maximum Gasteiger partial charge on any atom is 0.420 e. The van der Waals surface area contributed by atoms with Crippen molar-refractivity contribution in [1.82, 2.24) is 0 Å². The smallest absolute Gasteiger partial charge is 0.420 e. The molecule has 1 aliphatic rings. The van der Waals surface area contributed by atoms with Gasteiger partial charge >= 0.3 is 12.4 Å². The van der Waals surface area contributed by atoms with E-state index in [0.29, 0.717) is 10.9 Å². The summed E-state index contributed by atoms with van der Waals surface area (Å²) in [6.45, 7) is 3.60. The molecule has 0 atom stereocenters. The molecule has 0 heterocycles. The van der Waals surface area contributed by atoms with Crippen molar-refractivity contribution in [2.75, 3.05) is 0 Å². The summed E-state index contributed by atoms with van der Waals surface area (Å²) in [6.07, 6.45) is -8.14. The number of hydrogen-bond donors (Lipinski definition) is 0. The van der Waals surface area contributed by atoms with Gasteiger partial charge in [-0.15, -0.1) is 0 Å². The molecule has 1 aliphatic carbocycles. The molecule has 0 aliphatic heterocycles. The fraction of sp³-hybridized carbons (Fsp3) is 0.400. The van der Waals surface area contributed by atoms with Gasteiger partial charge in [0.05, 0.1) is 12.0 Å². The van der Waals surface area contributed by atoms with Crippen LogP contribution in [0.3, 0.4) is 0 Å². The van der Waals surface area contributed by atoms with Crippen LogP contribution in [0.1, 0.15) is 36.8 Å². The summed E-state index contributed by atoms with van der Waals surface area (Å²) in [7, 11) is 0. The lowest BCUT2D eigenvalue weighted by atomic mass is 9.87. The zero-order chi connectivity index (χ0) is 19.8. The Balaban J connectivity index is 1.89.